The molecule has 0 bridgehead atoms. The standard InChI is InChI=1S/C14H28O/c1-5-9-12(8-4)14-13(15-14)10-11(6-2)7-3/h11-14H,5-10H2,1-4H3. The Balaban J connectivity index is 2.25. The molecular formula is C14H28O. The van der Waals surface area contributed by atoms with Gasteiger partial charge in [0.2, 0.25) is 0 Å². The molecule has 0 aromatic heterocycles. The van der Waals surface area contributed by atoms with Crippen molar-refractivity contribution in [3.8, 4) is 0 Å². The van der Waals surface area contributed by atoms with Gasteiger partial charge in [-0.1, -0.05) is 53.4 Å². The van der Waals surface area contributed by atoms with Crippen molar-refractivity contribution in [2.24, 2.45) is 11.8 Å². The lowest BCUT2D eigenvalue weighted by atomic mass is 9.90. The highest BCUT2D eigenvalue weighted by atomic mass is 16.6. The fourth-order valence-corrected chi connectivity index (χ4v) is 2.68. The smallest absolute Gasteiger partial charge is 0.0869 e. The van der Waals surface area contributed by atoms with Crippen LogP contribution in [0.1, 0.15) is 66.2 Å². The monoisotopic (exact) mass is 212 g/mol. The maximum absolute atomic E-state index is 5.86. The number of hydrogen-bond donors (Lipinski definition) is 0. The van der Waals surface area contributed by atoms with Gasteiger partial charge in [-0.05, 0) is 24.7 Å². The van der Waals surface area contributed by atoms with E-state index >= 15 is 0 Å². The molecule has 1 aliphatic heterocycles. The minimum absolute atomic E-state index is 0.603. The van der Waals surface area contributed by atoms with E-state index in [0.29, 0.717) is 12.2 Å². The van der Waals surface area contributed by atoms with E-state index in [9.17, 15) is 0 Å². The van der Waals surface area contributed by atoms with Crippen LogP contribution in [-0.4, -0.2) is 12.2 Å². The predicted molar refractivity (Wildman–Crippen MR) is 66.0 cm³/mol. The highest BCUT2D eigenvalue weighted by Gasteiger charge is 2.43. The molecule has 1 heterocycles. The van der Waals surface area contributed by atoms with Gasteiger partial charge in [-0.15, -0.1) is 0 Å². The molecule has 15 heavy (non-hydrogen) atoms. The van der Waals surface area contributed by atoms with Crippen LogP contribution in [0.2, 0.25) is 0 Å². The molecule has 90 valence electrons. The fourth-order valence-electron chi connectivity index (χ4n) is 2.68. The first-order valence-electron chi connectivity index (χ1n) is 6.92. The highest BCUT2D eigenvalue weighted by molar-refractivity contribution is 4.90. The third-order valence-electron chi connectivity index (χ3n) is 3.99. The fraction of sp³-hybridized carbons (Fsp3) is 1.00. The maximum Gasteiger partial charge on any atom is 0.0869 e. The first kappa shape index (κ1) is 13.0. The lowest BCUT2D eigenvalue weighted by Crippen LogP contribution is -2.12. The number of ether oxygens (including phenoxy) is 1. The minimum Gasteiger partial charge on any atom is -0.369 e. The first-order chi connectivity index (χ1) is 7.26. The Bertz CT molecular complexity index is 163. The molecule has 1 heteroatoms. The van der Waals surface area contributed by atoms with Crippen molar-refractivity contribution in [2.45, 2.75) is 78.4 Å². The Labute approximate surface area is 95.6 Å². The third-order valence-corrected chi connectivity index (χ3v) is 3.99. The number of epoxide rings is 1. The molecule has 0 amide bonds. The summed E-state index contributed by atoms with van der Waals surface area (Å²) in [6, 6.07) is 0. The van der Waals surface area contributed by atoms with Gasteiger partial charge in [0.1, 0.15) is 0 Å². The van der Waals surface area contributed by atoms with E-state index in [4.69, 9.17) is 4.74 Å². The zero-order chi connectivity index (χ0) is 11.3. The Kier molecular flexibility index (Phi) is 5.66. The molecule has 1 saturated heterocycles. The molecule has 0 aromatic carbocycles. The molecule has 0 aromatic rings. The summed E-state index contributed by atoms with van der Waals surface area (Å²) in [6.45, 7) is 9.18. The molecule has 3 atom stereocenters. The van der Waals surface area contributed by atoms with Crippen molar-refractivity contribution in [3.05, 3.63) is 0 Å². The molecule has 1 aliphatic rings. The molecule has 0 spiro atoms. The van der Waals surface area contributed by atoms with Crippen LogP contribution in [0.15, 0.2) is 0 Å². The summed E-state index contributed by atoms with van der Waals surface area (Å²) in [5, 5.41) is 0. The predicted octanol–water partition coefficient (Wildman–Crippen LogP) is 4.41. The first-order valence-corrected chi connectivity index (χ1v) is 6.92. The summed E-state index contributed by atoms with van der Waals surface area (Å²) in [5.74, 6) is 1.72. The lowest BCUT2D eigenvalue weighted by Gasteiger charge is -2.12. The normalized spacial score (nSPS) is 27.0. The molecule has 1 rings (SSSR count). The van der Waals surface area contributed by atoms with Gasteiger partial charge in [-0.3, -0.25) is 0 Å². The van der Waals surface area contributed by atoms with Gasteiger partial charge in [-0.2, -0.15) is 0 Å². The van der Waals surface area contributed by atoms with Gasteiger partial charge in [-0.25, -0.2) is 0 Å². The third kappa shape index (κ3) is 3.79. The average molecular weight is 212 g/mol. The minimum atomic E-state index is 0.603. The quantitative estimate of drug-likeness (QED) is 0.543. The highest BCUT2D eigenvalue weighted by Crippen LogP contribution is 2.38. The molecule has 0 saturated carbocycles. The van der Waals surface area contributed by atoms with Crippen LogP contribution in [-0.2, 0) is 4.74 Å². The van der Waals surface area contributed by atoms with Crippen LogP contribution in [0.5, 0.6) is 0 Å². The Morgan fingerprint density at radius 3 is 2.13 bits per heavy atom. The summed E-state index contributed by atoms with van der Waals surface area (Å²) in [5.41, 5.74) is 0. The van der Waals surface area contributed by atoms with E-state index in [-0.39, 0.29) is 0 Å². The molecule has 0 N–H and O–H groups in total. The summed E-state index contributed by atoms with van der Waals surface area (Å²) in [6.07, 6.45) is 9.08. The Hall–Kier alpha value is -0.0400. The van der Waals surface area contributed by atoms with Crippen molar-refractivity contribution in [3.63, 3.8) is 0 Å². The van der Waals surface area contributed by atoms with Gasteiger partial charge < -0.3 is 4.74 Å². The molecular weight excluding hydrogens is 184 g/mol. The van der Waals surface area contributed by atoms with Crippen LogP contribution in [0, 0.1) is 11.8 Å². The summed E-state index contributed by atoms with van der Waals surface area (Å²) in [4.78, 5) is 0. The van der Waals surface area contributed by atoms with Gasteiger partial charge in [0.15, 0.2) is 0 Å². The molecule has 1 fully saturated rings. The largest absolute Gasteiger partial charge is 0.369 e. The lowest BCUT2D eigenvalue weighted by molar-refractivity contribution is 0.287. The van der Waals surface area contributed by atoms with Gasteiger partial charge >= 0.3 is 0 Å². The van der Waals surface area contributed by atoms with Crippen LogP contribution in [0.25, 0.3) is 0 Å². The maximum atomic E-state index is 5.86. The van der Waals surface area contributed by atoms with E-state index in [1.54, 1.807) is 0 Å². The van der Waals surface area contributed by atoms with Crippen LogP contribution in [0.4, 0.5) is 0 Å². The van der Waals surface area contributed by atoms with Crippen LogP contribution < -0.4 is 0 Å². The van der Waals surface area contributed by atoms with Crippen molar-refractivity contribution >= 4 is 0 Å². The van der Waals surface area contributed by atoms with Crippen LogP contribution in [0.3, 0.4) is 0 Å². The number of rotatable bonds is 8. The number of hydrogen-bond acceptors (Lipinski definition) is 1. The van der Waals surface area contributed by atoms with Crippen molar-refractivity contribution in [1.29, 1.82) is 0 Å². The molecule has 0 aliphatic carbocycles. The summed E-state index contributed by atoms with van der Waals surface area (Å²) in [7, 11) is 0. The van der Waals surface area contributed by atoms with E-state index < -0.39 is 0 Å². The summed E-state index contributed by atoms with van der Waals surface area (Å²) < 4.78 is 5.86. The Morgan fingerprint density at radius 2 is 1.67 bits per heavy atom. The second-order valence-corrected chi connectivity index (χ2v) is 5.01. The average Bonchev–Trinajstić information content (AvgIpc) is 3.01. The Morgan fingerprint density at radius 1 is 1.00 bits per heavy atom. The van der Waals surface area contributed by atoms with E-state index in [1.807, 2.05) is 0 Å². The summed E-state index contributed by atoms with van der Waals surface area (Å²) >= 11 is 0. The second kappa shape index (κ2) is 6.52. The van der Waals surface area contributed by atoms with E-state index in [2.05, 4.69) is 27.7 Å². The van der Waals surface area contributed by atoms with Gasteiger partial charge in [0, 0.05) is 0 Å². The second-order valence-electron chi connectivity index (χ2n) is 5.01. The van der Waals surface area contributed by atoms with Gasteiger partial charge in [0.05, 0.1) is 12.2 Å². The van der Waals surface area contributed by atoms with Crippen molar-refractivity contribution in [1.82, 2.24) is 0 Å². The van der Waals surface area contributed by atoms with Gasteiger partial charge in [0.25, 0.3) is 0 Å². The van der Waals surface area contributed by atoms with Crippen molar-refractivity contribution in [2.75, 3.05) is 0 Å². The molecule has 0 radical (unpaired) electrons. The van der Waals surface area contributed by atoms with Crippen molar-refractivity contribution < 1.29 is 4.74 Å². The zero-order valence-corrected chi connectivity index (χ0v) is 11.0. The SMILES string of the molecule is CCCC(CC)C1OC1CC(CC)CC. The van der Waals surface area contributed by atoms with Crippen LogP contribution >= 0.6 is 0 Å². The van der Waals surface area contributed by atoms with E-state index in [0.717, 1.165) is 11.8 Å². The van der Waals surface area contributed by atoms with E-state index in [1.165, 1.54) is 38.5 Å². The molecule has 3 unspecified atom stereocenters. The topological polar surface area (TPSA) is 12.5 Å². The molecule has 1 nitrogen and oxygen atoms in total. The zero-order valence-electron chi connectivity index (χ0n) is 11.0.